The third-order valence-corrected chi connectivity index (χ3v) is 24.2. The second-order valence-corrected chi connectivity index (χ2v) is 24.4. The van der Waals surface area contributed by atoms with Crippen molar-refractivity contribution in [1.29, 1.82) is 0 Å². The van der Waals surface area contributed by atoms with E-state index in [0.29, 0.717) is 16.3 Å². The van der Waals surface area contributed by atoms with Crippen LogP contribution in [0.3, 0.4) is 0 Å². The third kappa shape index (κ3) is 6.68. The maximum absolute atomic E-state index is 15.3. The van der Waals surface area contributed by atoms with E-state index in [4.69, 9.17) is 32.7 Å². The van der Waals surface area contributed by atoms with Gasteiger partial charge in [-0.1, -0.05) is 0 Å². The van der Waals surface area contributed by atoms with Gasteiger partial charge in [0, 0.05) is 0 Å². The van der Waals surface area contributed by atoms with Crippen molar-refractivity contribution in [3.8, 4) is 33.8 Å². The van der Waals surface area contributed by atoms with Gasteiger partial charge in [0.1, 0.15) is 0 Å². The molecule has 0 fully saturated rings. The molecule has 3 aromatic rings. The Morgan fingerprint density at radius 3 is 1.40 bits per heavy atom. The molecule has 0 N–H and O–H groups in total. The van der Waals surface area contributed by atoms with Gasteiger partial charge in [-0.25, -0.2) is 0 Å². The van der Waals surface area contributed by atoms with Crippen molar-refractivity contribution < 1.29 is 31.4 Å². The number of benzene rings is 3. The summed E-state index contributed by atoms with van der Waals surface area (Å²) >= 11 is 9.79. The Kier molecular flexibility index (Phi) is 12.7. The van der Waals surface area contributed by atoms with Crippen LogP contribution in [0.4, 0.5) is 22.0 Å². The van der Waals surface area contributed by atoms with Crippen LogP contribution in [0.15, 0.2) is 24.3 Å². The van der Waals surface area contributed by atoms with Crippen molar-refractivity contribution in [2.45, 2.75) is 72.6 Å². The van der Waals surface area contributed by atoms with Crippen LogP contribution in [-0.2, 0) is 0 Å². The van der Waals surface area contributed by atoms with E-state index < -0.39 is 53.0 Å². The van der Waals surface area contributed by atoms with Crippen LogP contribution in [0.1, 0.15) is 59.3 Å². The zero-order valence-corrected chi connectivity index (χ0v) is 29.0. The topological polar surface area (TPSA) is 18.5 Å². The Bertz CT molecular complexity index is 1370. The molecule has 0 bridgehead atoms. The fourth-order valence-corrected chi connectivity index (χ4v) is 23.9. The number of hydrogen-bond acceptors (Lipinski definition) is 2. The summed E-state index contributed by atoms with van der Waals surface area (Å²) in [5.74, 6) is -9.60. The first-order chi connectivity index (χ1) is 20.0. The van der Waals surface area contributed by atoms with Crippen molar-refractivity contribution in [1.82, 2.24) is 0 Å². The van der Waals surface area contributed by atoms with Crippen LogP contribution >= 0.6 is 23.2 Å². The van der Waals surface area contributed by atoms with E-state index in [-0.39, 0.29) is 21.9 Å². The van der Waals surface area contributed by atoms with Gasteiger partial charge in [0.05, 0.1) is 0 Å². The van der Waals surface area contributed by atoms with Crippen molar-refractivity contribution >= 4 is 45.2 Å². The number of methoxy groups -OCH3 is 2. The Balaban J connectivity index is 2.61. The number of rotatable bonds is 14. The average molecular weight is 738 g/mol. The summed E-state index contributed by atoms with van der Waals surface area (Å²) in [6.07, 6.45) is 5.88. The minimum atomic E-state index is -3.53. The fourth-order valence-electron chi connectivity index (χ4n) is 5.86. The summed E-state index contributed by atoms with van der Waals surface area (Å²) in [5, 5.41) is 0.511. The van der Waals surface area contributed by atoms with E-state index in [0.717, 1.165) is 55.4 Å². The molecule has 0 unspecified atom stereocenters. The SMILES string of the molecule is CCC[CH2][Sn]([CH2]CCC)([CH2]CCC)[c]1c(-c2c(-c3c(F)c(F)c(F)c(F)c3F)ccc(Cl)c2OC)ccc(Cl)c1OC. The average Bonchev–Trinajstić information content (AvgIpc) is 2.99. The molecule has 2 nitrogen and oxygen atoms in total. The third-order valence-electron chi connectivity index (χ3n) is 7.93. The van der Waals surface area contributed by atoms with Crippen molar-refractivity contribution in [3.05, 3.63) is 63.4 Å². The molecule has 0 aliphatic carbocycles. The Labute approximate surface area is 259 Å². The molecule has 42 heavy (non-hydrogen) atoms. The molecule has 0 saturated heterocycles. The summed E-state index contributed by atoms with van der Waals surface area (Å²) in [7, 11) is 2.88. The fraction of sp³-hybridized carbons (Fsp3) is 0.438. The molecule has 3 rings (SSSR count). The Hall–Kier alpha value is -1.71. The molecule has 230 valence electrons. The normalized spacial score (nSPS) is 11.7. The summed E-state index contributed by atoms with van der Waals surface area (Å²) in [6.45, 7) is 6.40. The first kappa shape index (κ1) is 34.8. The summed E-state index contributed by atoms with van der Waals surface area (Å²) in [6, 6.07) is 5.95. The van der Waals surface area contributed by atoms with Gasteiger partial charge in [-0.05, 0) is 0 Å². The summed E-state index contributed by atoms with van der Waals surface area (Å²) in [4.78, 5) is 0. The number of ether oxygens (including phenoxy) is 2. The Morgan fingerprint density at radius 2 is 0.976 bits per heavy atom. The van der Waals surface area contributed by atoms with Crippen LogP contribution in [0.25, 0.3) is 22.3 Å². The van der Waals surface area contributed by atoms with Crippen LogP contribution in [0, 0.1) is 29.1 Å². The first-order valence-electron chi connectivity index (χ1n) is 14.3. The maximum atomic E-state index is 15.3. The molecular weight excluding hydrogens is 701 g/mol. The van der Waals surface area contributed by atoms with E-state index in [1.54, 1.807) is 12.1 Å². The van der Waals surface area contributed by atoms with Gasteiger partial charge in [-0.2, -0.15) is 0 Å². The predicted octanol–water partition coefficient (Wildman–Crippen LogP) is 11.1. The monoisotopic (exact) mass is 738 g/mol. The Morgan fingerprint density at radius 1 is 0.571 bits per heavy atom. The van der Waals surface area contributed by atoms with Crippen LogP contribution < -0.4 is 13.1 Å². The van der Waals surface area contributed by atoms with E-state index in [2.05, 4.69) is 20.8 Å². The molecule has 0 saturated carbocycles. The van der Waals surface area contributed by atoms with E-state index in [1.807, 2.05) is 0 Å². The molecule has 0 aliphatic rings. The minimum absolute atomic E-state index is 0.0606. The van der Waals surface area contributed by atoms with Crippen LogP contribution in [0.2, 0.25) is 23.4 Å². The first-order valence-corrected chi connectivity index (χ1v) is 22.5. The van der Waals surface area contributed by atoms with Crippen molar-refractivity contribution in [2.24, 2.45) is 0 Å². The van der Waals surface area contributed by atoms with Crippen molar-refractivity contribution in [3.63, 3.8) is 0 Å². The predicted molar refractivity (Wildman–Crippen MR) is 165 cm³/mol. The van der Waals surface area contributed by atoms with Gasteiger partial charge in [-0.3, -0.25) is 0 Å². The number of unbranched alkanes of at least 4 members (excludes halogenated alkanes) is 3. The molecule has 0 atom stereocenters. The van der Waals surface area contributed by atoms with E-state index >= 15 is 8.78 Å². The second kappa shape index (κ2) is 15.3. The summed E-state index contributed by atoms with van der Waals surface area (Å²) in [5.41, 5.74) is -0.596. The van der Waals surface area contributed by atoms with Crippen LogP contribution in [-0.4, -0.2) is 32.6 Å². The standard InChI is InChI=1S/C20H10Cl2F5O2.3C4H9.Sn/c1-28-12-7-8(3-5-10(12)21)13-9(4-6-11(22)20(13)29-2)14-15(23)17(25)19(27)18(26)16(14)24;3*1-3-4-2;/h3-6H,1-2H3;3*1,3-4H2,2H3;. The molecular formula is C32H37Cl2F5O2Sn. The van der Waals surface area contributed by atoms with Crippen LogP contribution in [0.5, 0.6) is 11.5 Å². The molecule has 0 aliphatic heterocycles. The molecule has 3 aromatic carbocycles. The zero-order chi connectivity index (χ0) is 31.2. The van der Waals surface area contributed by atoms with Gasteiger partial charge in [-0.15, -0.1) is 0 Å². The van der Waals surface area contributed by atoms with Gasteiger partial charge >= 0.3 is 261 Å². The molecule has 0 aromatic heterocycles. The van der Waals surface area contributed by atoms with E-state index in [1.165, 1.54) is 26.4 Å². The molecule has 0 spiro atoms. The second-order valence-electron chi connectivity index (χ2n) is 10.5. The molecule has 10 heteroatoms. The zero-order valence-electron chi connectivity index (χ0n) is 24.6. The number of halogens is 7. The quantitative estimate of drug-likeness (QED) is 0.0710. The van der Waals surface area contributed by atoms with Gasteiger partial charge in [0.25, 0.3) is 0 Å². The molecule has 0 radical (unpaired) electrons. The van der Waals surface area contributed by atoms with Gasteiger partial charge in [0.2, 0.25) is 0 Å². The summed E-state index contributed by atoms with van der Waals surface area (Å²) < 4.78 is 89.2. The van der Waals surface area contributed by atoms with Crippen molar-refractivity contribution in [2.75, 3.05) is 14.2 Å². The number of hydrogen-bond donors (Lipinski definition) is 0. The van der Waals surface area contributed by atoms with Gasteiger partial charge < -0.3 is 0 Å². The molecule has 0 amide bonds. The van der Waals surface area contributed by atoms with Gasteiger partial charge in [0.15, 0.2) is 0 Å². The molecule has 0 heterocycles. The van der Waals surface area contributed by atoms with E-state index in [9.17, 15) is 13.2 Å².